The van der Waals surface area contributed by atoms with E-state index in [0.717, 1.165) is 48.9 Å². The van der Waals surface area contributed by atoms with Crippen molar-refractivity contribution in [1.82, 2.24) is 0 Å². The quantitative estimate of drug-likeness (QED) is 0.681. The van der Waals surface area contributed by atoms with Crippen LogP contribution in [0.15, 0.2) is 48.5 Å². The van der Waals surface area contributed by atoms with E-state index in [0.29, 0.717) is 52.9 Å². The highest BCUT2D eigenvalue weighted by Gasteiger charge is 2.09. The van der Waals surface area contributed by atoms with Gasteiger partial charge in [-0.1, -0.05) is 0 Å². The summed E-state index contributed by atoms with van der Waals surface area (Å²) in [5, 5.41) is 0. The van der Waals surface area contributed by atoms with E-state index in [1.807, 2.05) is 48.5 Å². The number of nitrogen functional groups attached to an aromatic ring is 2. The van der Waals surface area contributed by atoms with Crippen molar-refractivity contribution in [3.63, 3.8) is 0 Å². The molecular formula is C24H36N4O4. The standard InChI is InChI=1S/C24H36N4O4/c25-21-1-5-23(6-2-21)27-9-13-29-17-19-31-15-11-28(24-7-3-22(26)4-8-24)12-16-32-20-18-30-14-10-27/h1-8H,9-20,25-26H2. The van der Waals surface area contributed by atoms with Gasteiger partial charge in [0.15, 0.2) is 0 Å². The van der Waals surface area contributed by atoms with Gasteiger partial charge in [-0.2, -0.15) is 0 Å². The second-order valence-corrected chi connectivity index (χ2v) is 7.61. The Morgan fingerprint density at radius 3 is 1.00 bits per heavy atom. The number of ether oxygens (including phenoxy) is 4. The molecule has 1 saturated heterocycles. The molecule has 1 heterocycles. The molecule has 1 aliphatic heterocycles. The zero-order valence-corrected chi connectivity index (χ0v) is 18.8. The molecule has 2 aromatic carbocycles. The second-order valence-electron chi connectivity index (χ2n) is 7.61. The first-order chi connectivity index (χ1) is 15.7. The smallest absolute Gasteiger partial charge is 0.0701 e. The molecule has 32 heavy (non-hydrogen) atoms. The van der Waals surface area contributed by atoms with Crippen molar-refractivity contribution in [1.29, 1.82) is 0 Å². The summed E-state index contributed by atoms with van der Waals surface area (Å²) in [6.45, 7) is 7.83. The predicted molar refractivity (Wildman–Crippen MR) is 129 cm³/mol. The van der Waals surface area contributed by atoms with Gasteiger partial charge >= 0.3 is 0 Å². The van der Waals surface area contributed by atoms with E-state index in [4.69, 9.17) is 30.4 Å². The summed E-state index contributed by atoms with van der Waals surface area (Å²) in [5.41, 5.74) is 15.4. The largest absolute Gasteiger partial charge is 0.399 e. The van der Waals surface area contributed by atoms with Gasteiger partial charge < -0.3 is 40.2 Å². The molecule has 8 nitrogen and oxygen atoms in total. The zero-order chi connectivity index (χ0) is 22.4. The lowest BCUT2D eigenvalue weighted by atomic mass is 10.2. The summed E-state index contributed by atoms with van der Waals surface area (Å²) in [6.07, 6.45) is 0. The summed E-state index contributed by atoms with van der Waals surface area (Å²) >= 11 is 0. The summed E-state index contributed by atoms with van der Waals surface area (Å²) < 4.78 is 23.2. The topological polar surface area (TPSA) is 95.4 Å². The molecule has 0 spiro atoms. The fourth-order valence-corrected chi connectivity index (χ4v) is 3.45. The van der Waals surface area contributed by atoms with Gasteiger partial charge in [-0.25, -0.2) is 0 Å². The molecule has 1 fully saturated rings. The Labute approximate surface area is 191 Å². The number of benzene rings is 2. The number of hydrogen-bond donors (Lipinski definition) is 2. The molecule has 0 atom stereocenters. The third-order valence-corrected chi connectivity index (χ3v) is 5.28. The minimum Gasteiger partial charge on any atom is -0.399 e. The maximum atomic E-state index is 5.82. The minimum atomic E-state index is 0.567. The Hall–Kier alpha value is -2.52. The van der Waals surface area contributed by atoms with Gasteiger partial charge in [0.05, 0.1) is 52.9 Å². The van der Waals surface area contributed by atoms with Crippen molar-refractivity contribution in [2.24, 2.45) is 0 Å². The average Bonchev–Trinajstić information content (AvgIpc) is 2.80. The molecule has 0 saturated carbocycles. The van der Waals surface area contributed by atoms with Crippen molar-refractivity contribution in [2.75, 3.05) is 100 Å². The highest BCUT2D eigenvalue weighted by Crippen LogP contribution is 2.17. The van der Waals surface area contributed by atoms with Crippen molar-refractivity contribution in [3.8, 4) is 0 Å². The van der Waals surface area contributed by atoms with Crippen LogP contribution in [0.1, 0.15) is 0 Å². The van der Waals surface area contributed by atoms with E-state index >= 15 is 0 Å². The molecule has 4 N–H and O–H groups in total. The van der Waals surface area contributed by atoms with Gasteiger partial charge in [-0.15, -0.1) is 0 Å². The SMILES string of the molecule is Nc1ccc(N2CCOCCOCCN(c3ccc(N)cc3)CCOCCOCC2)cc1. The van der Waals surface area contributed by atoms with Crippen LogP contribution < -0.4 is 21.3 Å². The number of nitrogens with two attached hydrogens (primary N) is 2. The van der Waals surface area contributed by atoms with Crippen LogP contribution in [0.3, 0.4) is 0 Å². The summed E-state index contributed by atoms with van der Waals surface area (Å²) in [5.74, 6) is 0. The fraction of sp³-hybridized carbons (Fsp3) is 0.500. The Kier molecular flexibility index (Phi) is 10.4. The lowest BCUT2D eigenvalue weighted by molar-refractivity contribution is 0.0436. The first-order valence-corrected chi connectivity index (χ1v) is 11.2. The molecule has 1 aliphatic rings. The van der Waals surface area contributed by atoms with Crippen LogP contribution in [0.2, 0.25) is 0 Å². The molecule has 3 rings (SSSR count). The molecule has 0 radical (unpaired) electrons. The third kappa shape index (κ3) is 8.55. The van der Waals surface area contributed by atoms with Crippen LogP contribution in [0.4, 0.5) is 22.7 Å². The van der Waals surface area contributed by atoms with E-state index < -0.39 is 0 Å². The van der Waals surface area contributed by atoms with Gasteiger partial charge in [0.2, 0.25) is 0 Å². The summed E-state index contributed by atoms with van der Waals surface area (Å²) in [6, 6.07) is 15.8. The molecule has 0 unspecified atom stereocenters. The Morgan fingerprint density at radius 2 is 0.719 bits per heavy atom. The Balaban J connectivity index is 1.50. The van der Waals surface area contributed by atoms with E-state index in [9.17, 15) is 0 Å². The maximum Gasteiger partial charge on any atom is 0.0701 e. The maximum absolute atomic E-state index is 5.82. The molecule has 0 amide bonds. The lowest BCUT2D eigenvalue weighted by Gasteiger charge is -2.26. The van der Waals surface area contributed by atoms with Crippen LogP contribution in [-0.4, -0.2) is 79.0 Å². The van der Waals surface area contributed by atoms with Crippen LogP contribution in [0.25, 0.3) is 0 Å². The predicted octanol–water partition coefficient (Wildman–Crippen LogP) is 2.24. The normalized spacial score (nSPS) is 18.6. The van der Waals surface area contributed by atoms with Crippen molar-refractivity contribution < 1.29 is 18.9 Å². The first kappa shape index (κ1) is 24.1. The van der Waals surface area contributed by atoms with Gasteiger partial charge in [-0.05, 0) is 48.5 Å². The Morgan fingerprint density at radius 1 is 0.438 bits per heavy atom. The van der Waals surface area contributed by atoms with Gasteiger partial charge in [0, 0.05) is 48.9 Å². The first-order valence-electron chi connectivity index (χ1n) is 11.2. The van der Waals surface area contributed by atoms with Crippen LogP contribution in [0.5, 0.6) is 0 Å². The van der Waals surface area contributed by atoms with Gasteiger partial charge in [0.1, 0.15) is 0 Å². The molecular weight excluding hydrogens is 408 g/mol. The summed E-state index contributed by atoms with van der Waals surface area (Å²) in [7, 11) is 0. The van der Waals surface area contributed by atoms with E-state index in [2.05, 4.69) is 9.80 Å². The minimum absolute atomic E-state index is 0.567. The number of nitrogens with zero attached hydrogens (tertiary/aromatic N) is 2. The van der Waals surface area contributed by atoms with E-state index in [-0.39, 0.29) is 0 Å². The molecule has 0 bridgehead atoms. The van der Waals surface area contributed by atoms with Crippen LogP contribution in [0, 0.1) is 0 Å². The lowest BCUT2D eigenvalue weighted by Crippen LogP contribution is -2.33. The molecule has 2 aromatic rings. The molecule has 176 valence electrons. The number of hydrogen-bond acceptors (Lipinski definition) is 8. The Bertz CT molecular complexity index is 672. The molecule has 0 aromatic heterocycles. The highest BCUT2D eigenvalue weighted by atomic mass is 16.5. The van der Waals surface area contributed by atoms with E-state index in [1.54, 1.807) is 0 Å². The van der Waals surface area contributed by atoms with Gasteiger partial charge in [-0.3, -0.25) is 0 Å². The highest BCUT2D eigenvalue weighted by molar-refractivity contribution is 5.54. The summed E-state index contributed by atoms with van der Waals surface area (Å²) in [4.78, 5) is 4.49. The third-order valence-electron chi connectivity index (χ3n) is 5.28. The fourth-order valence-electron chi connectivity index (χ4n) is 3.45. The number of rotatable bonds is 2. The van der Waals surface area contributed by atoms with Crippen molar-refractivity contribution in [3.05, 3.63) is 48.5 Å². The van der Waals surface area contributed by atoms with Crippen molar-refractivity contribution in [2.45, 2.75) is 0 Å². The second kappa shape index (κ2) is 13.8. The zero-order valence-electron chi connectivity index (χ0n) is 18.8. The molecule has 0 aliphatic carbocycles. The van der Waals surface area contributed by atoms with Crippen LogP contribution >= 0.6 is 0 Å². The monoisotopic (exact) mass is 444 g/mol. The van der Waals surface area contributed by atoms with E-state index in [1.165, 1.54) is 0 Å². The van der Waals surface area contributed by atoms with Crippen molar-refractivity contribution >= 4 is 22.7 Å². The average molecular weight is 445 g/mol. The molecule has 8 heteroatoms. The van der Waals surface area contributed by atoms with Gasteiger partial charge in [0.25, 0.3) is 0 Å². The van der Waals surface area contributed by atoms with Crippen LogP contribution in [-0.2, 0) is 18.9 Å². The number of anilines is 4.